The highest BCUT2D eigenvalue weighted by Crippen LogP contribution is 2.39. The van der Waals surface area contributed by atoms with Crippen molar-refractivity contribution in [3.8, 4) is 5.75 Å². The second-order valence-electron chi connectivity index (χ2n) is 5.47. The highest BCUT2D eigenvalue weighted by molar-refractivity contribution is 5.43. The number of hydrogen-bond acceptors (Lipinski definition) is 3. The van der Waals surface area contributed by atoms with Crippen LogP contribution in [0.5, 0.6) is 5.75 Å². The third kappa shape index (κ3) is 2.38. The predicted molar refractivity (Wildman–Crippen MR) is 75.0 cm³/mol. The maximum atomic E-state index is 5.80. The minimum Gasteiger partial charge on any atom is -0.496 e. The first kappa shape index (κ1) is 13.4. The Morgan fingerprint density at radius 1 is 1.33 bits per heavy atom. The van der Waals surface area contributed by atoms with Gasteiger partial charge in [-0.25, -0.2) is 0 Å². The Balaban J connectivity index is 2.35. The molecule has 3 heteroatoms. The van der Waals surface area contributed by atoms with E-state index in [0.29, 0.717) is 12.0 Å². The summed E-state index contributed by atoms with van der Waals surface area (Å²) in [5.41, 5.74) is 9.72. The number of likely N-dealkylation sites (tertiary alicyclic amines) is 1. The second-order valence-corrected chi connectivity index (χ2v) is 5.47. The van der Waals surface area contributed by atoms with Gasteiger partial charge in [0.05, 0.1) is 7.11 Å². The van der Waals surface area contributed by atoms with Crippen molar-refractivity contribution in [1.82, 2.24) is 4.90 Å². The fourth-order valence-electron chi connectivity index (χ4n) is 2.89. The molecule has 0 amide bonds. The largest absolute Gasteiger partial charge is 0.496 e. The first-order valence-electron chi connectivity index (χ1n) is 6.62. The quantitative estimate of drug-likeness (QED) is 0.891. The van der Waals surface area contributed by atoms with Gasteiger partial charge in [-0.1, -0.05) is 6.07 Å². The van der Waals surface area contributed by atoms with E-state index in [2.05, 4.69) is 37.9 Å². The number of ether oxygens (including phenoxy) is 1. The number of methoxy groups -OCH3 is 1. The van der Waals surface area contributed by atoms with Crippen LogP contribution in [0.4, 0.5) is 0 Å². The maximum Gasteiger partial charge on any atom is 0.123 e. The SMILES string of the molecule is COc1cc(C)c(C)cc1C1CC(CN)CN1C. The molecule has 0 aromatic heterocycles. The smallest absolute Gasteiger partial charge is 0.123 e. The van der Waals surface area contributed by atoms with Crippen LogP contribution in [0.1, 0.15) is 29.2 Å². The molecule has 18 heavy (non-hydrogen) atoms. The topological polar surface area (TPSA) is 38.5 Å². The number of aryl methyl sites for hydroxylation is 2. The summed E-state index contributed by atoms with van der Waals surface area (Å²) in [6, 6.07) is 4.86. The Kier molecular flexibility index (Phi) is 3.93. The molecule has 1 saturated heterocycles. The molecule has 2 N–H and O–H groups in total. The van der Waals surface area contributed by atoms with Crippen molar-refractivity contribution >= 4 is 0 Å². The number of hydrogen-bond donors (Lipinski definition) is 1. The van der Waals surface area contributed by atoms with Gasteiger partial charge in [0.2, 0.25) is 0 Å². The Morgan fingerprint density at radius 3 is 2.56 bits per heavy atom. The molecule has 1 aliphatic heterocycles. The molecule has 0 spiro atoms. The number of benzene rings is 1. The molecule has 1 fully saturated rings. The van der Waals surface area contributed by atoms with Gasteiger partial charge >= 0.3 is 0 Å². The zero-order valence-electron chi connectivity index (χ0n) is 11.9. The van der Waals surface area contributed by atoms with Gasteiger partial charge in [-0.05, 0) is 57.0 Å². The van der Waals surface area contributed by atoms with Gasteiger partial charge in [-0.2, -0.15) is 0 Å². The highest BCUT2D eigenvalue weighted by Gasteiger charge is 2.31. The zero-order chi connectivity index (χ0) is 13.3. The molecule has 0 radical (unpaired) electrons. The minimum atomic E-state index is 0.438. The summed E-state index contributed by atoms with van der Waals surface area (Å²) in [5.74, 6) is 1.61. The summed E-state index contributed by atoms with van der Waals surface area (Å²) in [6.07, 6.45) is 1.13. The Morgan fingerprint density at radius 2 is 2.00 bits per heavy atom. The molecule has 2 atom stereocenters. The third-order valence-electron chi connectivity index (χ3n) is 4.17. The molecule has 100 valence electrons. The summed E-state index contributed by atoms with van der Waals surface area (Å²) in [5, 5.41) is 0. The van der Waals surface area contributed by atoms with Crippen LogP contribution in [-0.2, 0) is 0 Å². The maximum absolute atomic E-state index is 5.80. The summed E-state index contributed by atoms with van der Waals surface area (Å²) >= 11 is 0. The van der Waals surface area contributed by atoms with Crippen molar-refractivity contribution in [3.63, 3.8) is 0 Å². The van der Waals surface area contributed by atoms with Crippen LogP contribution in [0, 0.1) is 19.8 Å². The molecule has 1 aromatic rings. The molecule has 2 unspecified atom stereocenters. The van der Waals surface area contributed by atoms with Gasteiger partial charge in [0.1, 0.15) is 5.75 Å². The monoisotopic (exact) mass is 248 g/mol. The average Bonchev–Trinajstić information content (AvgIpc) is 2.73. The molecule has 3 nitrogen and oxygen atoms in total. The van der Waals surface area contributed by atoms with Gasteiger partial charge in [-0.15, -0.1) is 0 Å². The summed E-state index contributed by atoms with van der Waals surface area (Å²) in [7, 11) is 3.93. The lowest BCUT2D eigenvalue weighted by Gasteiger charge is -2.23. The lowest BCUT2D eigenvalue weighted by Crippen LogP contribution is -2.21. The van der Waals surface area contributed by atoms with E-state index in [1.54, 1.807) is 7.11 Å². The summed E-state index contributed by atoms with van der Waals surface area (Å²) in [4.78, 5) is 2.39. The fourth-order valence-corrected chi connectivity index (χ4v) is 2.89. The van der Waals surface area contributed by atoms with E-state index in [-0.39, 0.29) is 0 Å². The van der Waals surface area contributed by atoms with E-state index in [0.717, 1.165) is 25.3 Å². The molecular weight excluding hydrogens is 224 g/mol. The second kappa shape index (κ2) is 5.29. The van der Waals surface area contributed by atoms with Gasteiger partial charge in [0.25, 0.3) is 0 Å². The van der Waals surface area contributed by atoms with Crippen molar-refractivity contribution in [2.45, 2.75) is 26.3 Å². The van der Waals surface area contributed by atoms with Crippen molar-refractivity contribution in [3.05, 3.63) is 28.8 Å². The van der Waals surface area contributed by atoms with Crippen molar-refractivity contribution in [2.24, 2.45) is 11.7 Å². The van der Waals surface area contributed by atoms with Gasteiger partial charge < -0.3 is 10.5 Å². The number of nitrogens with zero attached hydrogens (tertiary/aromatic N) is 1. The van der Waals surface area contributed by atoms with E-state index in [1.807, 2.05) is 0 Å². The Hall–Kier alpha value is -1.06. The normalized spacial score (nSPS) is 24.5. The molecule has 1 aliphatic rings. The standard InChI is InChI=1S/C15H24N2O/c1-10-5-13(15(18-4)6-11(10)2)14-7-12(8-16)9-17(14)3/h5-6,12,14H,7-9,16H2,1-4H3. The first-order chi connectivity index (χ1) is 8.56. The van der Waals surface area contributed by atoms with Crippen LogP contribution in [0.2, 0.25) is 0 Å². The van der Waals surface area contributed by atoms with Gasteiger partial charge in [-0.3, -0.25) is 4.90 Å². The average molecular weight is 248 g/mol. The molecule has 0 aliphatic carbocycles. The predicted octanol–water partition coefficient (Wildman–Crippen LogP) is 2.26. The van der Waals surface area contributed by atoms with Crippen LogP contribution in [0.25, 0.3) is 0 Å². The number of rotatable bonds is 3. The van der Waals surface area contributed by atoms with Crippen molar-refractivity contribution in [1.29, 1.82) is 0 Å². The van der Waals surface area contributed by atoms with Gasteiger partial charge in [0, 0.05) is 18.2 Å². The molecule has 0 saturated carbocycles. The molecule has 1 aromatic carbocycles. The fraction of sp³-hybridized carbons (Fsp3) is 0.600. The van der Waals surface area contributed by atoms with Crippen LogP contribution in [0.15, 0.2) is 12.1 Å². The lowest BCUT2D eigenvalue weighted by atomic mass is 9.96. The highest BCUT2D eigenvalue weighted by atomic mass is 16.5. The minimum absolute atomic E-state index is 0.438. The number of nitrogens with two attached hydrogens (primary N) is 1. The van der Waals surface area contributed by atoms with Crippen LogP contribution < -0.4 is 10.5 Å². The molecule has 1 heterocycles. The van der Waals surface area contributed by atoms with Crippen molar-refractivity contribution in [2.75, 3.05) is 27.2 Å². The molecule has 2 rings (SSSR count). The first-order valence-corrected chi connectivity index (χ1v) is 6.62. The molecule has 0 bridgehead atoms. The molecular formula is C15H24N2O. The summed E-state index contributed by atoms with van der Waals surface area (Å²) < 4.78 is 5.55. The van der Waals surface area contributed by atoms with E-state index in [4.69, 9.17) is 10.5 Å². The zero-order valence-corrected chi connectivity index (χ0v) is 11.9. The van der Waals surface area contributed by atoms with Crippen LogP contribution in [-0.4, -0.2) is 32.1 Å². The van der Waals surface area contributed by atoms with E-state index >= 15 is 0 Å². The van der Waals surface area contributed by atoms with E-state index in [1.165, 1.54) is 16.7 Å². The lowest BCUT2D eigenvalue weighted by molar-refractivity contribution is 0.303. The summed E-state index contributed by atoms with van der Waals surface area (Å²) in [6.45, 7) is 6.14. The van der Waals surface area contributed by atoms with Gasteiger partial charge in [0.15, 0.2) is 0 Å². The van der Waals surface area contributed by atoms with Crippen LogP contribution in [0.3, 0.4) is 0 Å². The van der Waals surface area contributed by atoms with E-state index < -0.39 is 0 Å². The van der Waals surface area contributed by atoms with E-state index in [9.17, 15) is 0 Å². The van der Waals surface area contributed by atoms with Crippen LogP contribution >= 0.6 is 0 Å². The third-order valence-corrected chi connectivity index (χ3v) is 4.17. The Bertz CT molecular complexity index is 431. The Labute approximate surface area is 110 Å². The van der Waals surface area contributed by atoms with Crippen molar-refractivity contribution < 1.29 is 4.74 Å².